The highest BCUT2D eigenvalue weighted by Gasteiger charge is 2.13. The van der Waals surface area contributed by atoms with Crippen LogP contribution >= 0.6 is 23.8 Å². The summed E-state index contributed by atoms with van der Waals surface area (Å²) in [6.45, 7) is 0. The van der Waals surface area contributed by atoms with Crippen LogP contribution in [0.2, 0.25) is 5.02 Å². The molecule has 1 aromatic rings. The van der Waals surface area contributed by atoms with Gasteiger partial charge in [0.2, 0.25) is 0 Å². The summed E-state index contributed by atoms with van der Waals surface area (Å²) in [6.07, 6.45) is 7.80. The van der Waals surface area contributed by atoms with Gasteiger partial charge in [-0.15, -0.1) is 0 Å². The van der Waals surface area contributed by atoms with Gasteiger partial charge in [0.25, 0.3) is 0 Å². The number of thiocarbonyl (C=S) groups is 1. The van der Waals surface area contributed by atoms with Crippen LogP contribution < -0.4 is 20.2 Å². The monoisotopic (exact) mass is 355 g/mol. The first-order valence-electron chi connectivity index (χ1n) is 7.65. The van der Waals surface area contributed by atoms with Crippen LogP contribution in [0.4, 0.5) is 0 Å². The predicted octanol–water partition coefficient (Wildman–Crippen LogP) is 3.49. The van der Waals surface area contributed by atoms with E-state index in [2.05, 4.69) is 15.8 Å². The van der Waals surface area contributed by atoms with E-state index in [4.69, 9.17) is 33.3 Å². The molecule has 0 atom stereocenters. The SMILES string of the molecule is COc1cc(/C=N\NC(=S)NC2CCCCC2)cc(Cl)c1OC. The molecule has 0 spiro atoms. The Hall–Kier alpha value is -1.53. The van der Waals surface area contributed by atoms with E-state index in [0.717, 1.165) is 18.4 Å². The van der Waals surface area contributed by atoms with Crippen molar-refractivity contribution in [1.82, 2.24) is 10.7 Å². The van der Waals surface area contributed by atoms with Gasteiger partial charge in [-0.1, -0.05) is 30.9 Å². The van der Waals surface area contributed by atoms with Gasteiger partial charge in [0, 0.05) is 6.04 Å². The van der Waals surface area contributed by atoms with Crippen LogP contribution in [0.15, 0.2) is 17.2 Å². The quantitative estimate of drug-likeness (QED) is 0.481. The first kappa shape index (κ1) is 17.8. The largest absolute Gasteiger partial charge is 0.493 e. The van der Waals surface area contributed by atoms with Gasteiger partial charge < -0.3 is 14.8 Å². The lowest BCUT2D eigenvalue weighted by Crippen LogP contribution is -2.40. The lowest BCUT2D eigenvalue weighted by molar-refractivity contribution is 0.355. The molecule has 0 unspecified atom stereocenters. The van der Waals surface area contributed by atoms with Gasteiger partial charge in [-0.2, -0.15) is 5.10 Å². The number of hydrogen-bond acceptors (Lipinski definition) is 4. The van der Waals surface area contributed by atoms with Crippen molar-refractivity contribution in [2.24, 2.45) is 5.10 Å². The summed E-state index contributed by atoms with van der Waals surface area (Å²) < 4.78 is 10.5. The first-order valence-corrected chi connectivity index (χ1v) is 8.43. The molecule has 5 nitrogen and oxygen atoms in total. The Morgan fingerprint density at radius 1 is 1.26 bits per heavy atom. The van der Waals surface area contributed by atoms with E-state index in [1.54, 1.807) is 32.6 Å². The lowest BCUT2D eigenvalue weighted by atomic mass is 9.96. The summed E-state index contributed by atoms with van der Waals surface area (Å²) in [6, 6.07) is 4.01. The molecule has 0 aliphatic heterocycles. The average molecular weight is 356 g/mol. The second-order valence-corrected chi connectivity index (χ2v) is 6.23. The Bertz CT molecular complexity index is 575. The molecular formula is C16H22ClN3O2S. The van der Waals surface area contributed by atoms with E-state index in [9.17, 15) is 0 Å². The van der Waals surface area contributed by atoms with Crippen LogP contribution in [-0.2, 0) is 0 Å². The second kappa shape index (κ2) is 8.93. The van der Waals surface area contributed by atoms with E-state index in [1.165, 1.54) is 19.3 Å². The molecule has 1 aliphatic rings. The summed E-state index contributed by atoms with van der Waals surface area (Å²) in [5, 5.41) is 8.45. The summed E-state index contributed by atoms with van der Waals surface area (Å²) in [5.74, 6) is 1.07. The number of hydrazone groups is 1. The Kier molecular flexibility index (Phi) is 6.92. The van der Waals surface area contributed by atoms with Gasteiger partial charge in [0.1, 0.15) is 0 Å². The zero-order chi connectivity index (χ0) is 16.7. The Morgan fingerprint density at radius 2 is 2.00 bits per heavy atom. The molecule has 2 N–H and O–H groups in total. The number of nitrogens with zero attached hydrogens (tertiary/aromatic N) is 1. The molecule has 1 aromatic carbocycles. The number of rotatable bonds is 5. The van der Waals surface area contributed by atoms with E-state index >= 15 is 0 Å². The summed E-state index contributed by atoms with van der Waals surface area (Å²) in [5.41, 5.74) is 3.63. The molecule has 0 bridgehead atoms. The predicted molar refractivity (Wildman–Crippen MR) is 97.9 cm³/mol. The maximum absolute atomic E-state index is 6.16. The molecular weight excluding hydrogens is 334 g/mol. The standard InChI is InChI=1S/C16H22ClN3O2S/c1-21-14-9-11(8-13(17)15(14)22-2)10-18-20-16(23)19-12-6-4-3-5-7-12/h8-10,12H,3-7H2,1-2H3,(H2,19,20,23)/b18-10-. The van der Waals surface area contributed by atoms with E-state index < -0.39 is 0 Å². The van der Waals surface area contributed by atoms with Crippen molar-refractivity contribution in [2.45, 2.75) is 38.1 Å². The fourth-order valence-corrected chi connectivity index (χ4v) is 3.16. The number of hydrogen-bond donors (Lipinski definition) is 2. The molecule has 0 saturated heterocycles. The van der Waals surface area contributed by atoms with Crippen LogP contribution in [0, 0.1) is 0 Å². The zero-order valence-electron chi connectivity index (χ0n) is 13.4. The Balaban J connectivity index is 1.92. The molecule has 126 valence electrons. The summed E-state index contributed by atoms with van der Waals surface area (Å²) >= 11 is 11.4. The molecule has 1 fully saturated rings. The molecule has 1 saturated carbocycles. The van der Waals surface area contributed by atoms with E-state index in [-0.39, 0.29) is 0 Å². The molecule has 7 heteroatoms. The van der Waals surface area contributed by atoms with Crippen LogP contribution in [0.5, 0.6) is 11.5 Å². The van der Waals surface area contributed by atoms with Crippen molar-refractivity contribution in [1.29, 1.82) is 0 Å². The molecule has 1 aliphatic carbocycles. The van der Waals surface area contributed by atoms with Crippen molar-refractivity contribution in [3.63, 3.8) is 0 Å². The molecule has 23 heavy (non-hydrogen) atoms. The third-order valence-electron chi connectivity index (χ3n) is 3.78. The smallest absolute Gasteiger partial charge is 0.187 e. The summed E-state index contributed by atoms with van der Waals surface area (Å²) in [7, 11) is 3.12. The molecule has 0 radical (unpaired) electrons. The zero-order valence-corrected chi connectivity index (χ0v) is 15.0. The number of benzene rings is 1. The number of nitrogens with one attached hydrogen (secondary N) is 2. The molecule has 0 heterocycles. The van der Waals surface area contributed by atoms with Crippen molar-refractivity contribution in [3.8, 4) is 11.5 Å². The number of halogens is 1. The minimum atomic E-state index is 0.453. The fourth-order valence-electron chi connectivity index (χ4n) is 2.64. The number of ether oxygens (including phenoxy) is 2. The minimum Gasteiger partial charge on any atom is -0.493 e. The van der Waals surface area contributed by atoms with Gasteiger partial charge in [-0.3, -0.25) is 5.43 Å². The van der Waals surface area contributed by atoms with Gasteiger partial charge in [0.05, 0.1) is 25.5 Å². The van der Waals surface area contributed by atoms with E-state index in [1.807, 2.05) is 0 Å². The third-order valence-corrected chi connectivity index (χ3v) is 4.27. The summed E-state index contributed by atoms with van der Waals surface area (Å²) in [4.78, 5) is 0. The normalized spacial score (nSPS) is 15.4. The van der Waals surface area contributed by atoms with Crippen LogP contribution in [0.1, 0.15) is 37.7 Å². The van der Waals surface area contributed by atoms with Gasteiger partial charge >= 0.3 is 0 Å². The highest BCUT2D eigenvalue weighted by Crippen LogP contribution is 2.35. The van der Waals surface area contributed by atoms with Crippen molar-refractivity contribution in [3.05, 3.63) is 22.7 Å². The Morgan fingerprint density at radius 3 is 2.65 bits per heavy atom. The highest BCUT2D eigenvalue weighted by atomic mass is 35.5. The van der Waals surface area contributed by atoms with Crippen LogP contribution in [0.25, 0.3) is 0 Å². The van der Waals surface area contributed by atoms with Crippen molar-refractivity contribution in [2.75, 3.05) is 14.2 Å². The molecule has 0 amide bonds. The average Bonchev–Trinajstić information content (AvgIpc) is 2.55. The van der Waals surface area contributed by atoms with Crippen molar-refractivity contribution < 1.29 is 9.47 Å². The minimum absolute atomic E-state index is 0.453. The first-order chi connectivity index (χ1) is 11.1. The van der Waals surface area contributed by atoms with Crippen LogP contribution in [-0.4, -0.2) is 31.6 Å². The Labute approximate surface area is 147 Å². The maximum Gasteiger partial charge on any atom is 0.187 e. The second-order valence-electron chi connectivity index (χ2n) is 5.42. The van der Waals surface area contributed by atoms with E-state index in [0.29, 0.717) is 27.7 Å². The third kappa shape index (κ3) is 5.25. The highest BCUT2D eigenvalue weighted by molar-refractivity contribution is 7.80. The lowest BCUT2D eigenvalue weighted by Gasteiger charge is -2.23. The van der Waals surface area contributed by atoms with Crippen molar-refractivity contribution >= 4 is 35.1 Å². The van der Waals surface area contributed by atoms with Gasteiger partial charge in [0.15, 0.2) is 16.6 Å². The molecule has 0 aromatic heterocycles. The van der Waals surface area contributed by atoms with Gasteiger partial charge in [-0.05, 0) is 42.8 Å². The topological polar surface area (TPSA) is 54.9 Å². The number of methoxy groups -OCH3 is 2. The fraction of sp³-hybridized carbons (Fsp3) is 0.500. The maximum atomic E-state index is 6.16. The van der Waals surface area contributed by atoms with Crippen LogP contribution in [0.3, 0.4) is 0 Å². The van der Waals surface area contributed by atoms with Gasteiger partial charge in [-0.25, -0.2) is 0 Å². The molecule has 2 rings (SSSR count).